The number of thioether (sulfide) groups is 1. The van der Waals surface area contributed by atoms with E-state index in [2.05, 4.69) is 28.9 Å². The van der Waals surface area contributed by atoms with Crippen LogP contribution in [0.5, 0.6) is 0 Å². The van der Waals surface area contributed by atoms with Crippen molar-refractivity contribution in [3.05, 3.63) is 116 Å². The smallest absolute Gasteiger partial charge is 0.272 e. The molecule has 1 unspecified atom stereocenters. The maximum absolute atomic E-state index is 13.5. The first-order valence-electron chi connectivity index (χ1n) is 14.1. The number of hydrogen-bond acceptors (Lipinski definition) is 6. The van der Waals surface area contributed by atoms with Gasteiger partial charge in [0.15, 0.2) is 0 Å². The molecule has 0 aliphatic heterocycles. The van der Waals surface area contributed by atoms with Gasteiger partial charge in [-0.1, -0.05) is 60.5 Å². The van der Waals surface area contributed by atoms with Crippen molar-refractivity contribution >= 4 is 80.8 Å². The van der Waals surface area contributed by atoms with E-state index in [1.165, 1.54) is 34.1 Å². The molecule has 11 heteroatoms. The Morgan fingerprint density at radius 3 is 2.49 bits per heavy atom. The van der Waals surface area contributed by atoms with E-state index in [0.717, 1.165) is 29.7 Å². The molecule has 5 rings (SSSR count). The molecule has 45 heavy (non-hydrogen) atoms. The normalized spacial score (nSPS) is 14.2. The van der Waals surface area contributed by atoms with E-state index in [-0.39, 0.29) is 17.4 Å². The molecule has 0 bridgehead atoms. The highest BCUT2D eigenvalue weighted by molar-refractivity contribution is 8.00. The Labute approximate surface area is 279 Å². The highest BCUT2D eigenvalue weighted by Gasteiger charge is 2.25. The lowest BCUT2D eigenvalue weighted by Gasteiger charge is -2.17. The molecule has 1 aliphatic rings. The fraction of sp³-hybridized carbons (Fsp3) is 0.176. The molecule has 1 heterocycles. The van der Waals surface area contributed by atoms with Crippen LogP contribution >= 0.6 is 46.3 Å². The Balaban J connectivity index is 1.28. The van der Waals surface area contributed by atoms with Crippen LogP contribution < -0.4 is 16.0 Å². The van der Waals surface area contributed by atoms with Gasteiger partial charge in [-0.15, -0.1) is 23.1 Å². The van der Waals surface area contributed by atoms with Crippen molar-refractivity contribution in [2.75, 3.05) is 16.4 Å². The summed E-state index contributed by atoms with van der Waals surface area (Å²) in [5, 5.41) is 19.4. The number of carbonyl (C=O) groups excluding carboxylic acids is 3. The van der Waals surface area contributed by atoms with Crippen molar-refractivity contribution in [3.63, 3.8) is 0 Å². The van der Waals surface area contributed by atoms with E-state index in [9.17, 15) is 19.6 Å². The Kier molecular flexibility index (Phi) is 10.6. The van der Waals surface area contributed by atoms with Crippen LogP contribution in [0.2, 0.25) is 10.0 Å². The number of rotatable bonds is 9. The van der Waals surface area contributed by atoms with Gasteiger partial charge in [-0.2, -0.15) is 5.26 Å². The number of nitriles is 1. The van der Waals surface area contributed by atoms with Gasteiger partial charge in [0.25, 0.3) is 11.8 Å². The van der Waals surface area contributed by atoms with Crippen LogP contribution in [0.1, 0.15) is 45.3 Å². The van der Waals surface area contributed by atoms with Gasteiger partial charge in [-0.05, 0) is 79.3 Å². The highest BCUT2D eigenvalue weighted by atomic mass is 35.5. The number of carbonyl (C=O) groups is 3. The number of benzene rings is 3. The van der Waals surface area contributed by atoms with Crippen molar-refractivity contribution in [2.45, 2.75) is 31.1 Å². The van der Waals surface area contributed by atoms with Gasteiger partial charge < -0.3 is 16.0 Å². The van der Waals surface area contributed by atoms with Gasteiger partial charge in [0, 0.05) is 36.6 Å². The van der Waals surface area contributed by atoms with Gasteiger partial charge in [-0.25, -0.2) is 0 Å². The van der Waals surface area contributed by atoms with Crippen molar-refractivity contribution < 1.29 is 14.4 Å². The van der Waals surface area contributed by atoms with Crippen LogP contribution in [0.4, 0.5) is 10.7 Å². The third-order valence-electron chi connectivity index (χ3n) is 7.16. The number of thiophene rings is 1. The molecule has 4 aromatic rings. The van der Waals surface area contributed by atoms with Gasteiger partial charge >= 0.3 is 0 Å². The van der Waals surface area contributed by atoms with Crippen LogP contribution in [-0.4, -0.2) is 23.5 Å². The number of nitrogens with one attached hydrogen (secondary N) is 3. The van der Waals surface area contributed by atoms with E-state index in [4.69, 9.17) is 23.2 Å². The van der Waals surface area contributed by atoms with Crippen molar-refractivity contribution in [3.8, 4) is 6.07 Å². The zero-order valence-corrected chi connectivity index (χ0v) is 27.3. The minimum atomic E-state index is -0.588. The number of anilines is 2. The summed E-state index contributed by atoms with van der Waals surface area (Å²) in [4.78, 5) is 41.2. The molecule has 0 fully saturated rings. The minimum absolute atomic E-state index is 0.0578. The Hall–Kier alpha value is -4.07. The molecule has 3 N–H and O–H groups in total. The third-order valence-corrected chi connectivity index (χ3v) is 9.98. The molecule has 0 saturated heterocycles. The van der Waals surface area contributed by atoms with E-state index < -0.39 is 11.8 Å². The zero-order valence-electron chi connectivity index (χ0n) is 24.2. The third kappa shape index (κ3) is 8.16. The molecule has 1 aromatic heterocycles. The number of hydrogen-bond donors (Lipinski definition) is 3. The summed E-state index contributed by atoms with van der Waals surface area (Å²) in [5.74, 6) is -0.602. The summed E-state index contributed by atoms with van der Waals surface area (Å²) < 4.78 is 0. The Morgan fingerprint density at radius 1 is 1.02 bits per heavy atom. The molecule has 0 radical (unpaired) electrons. The fourth-order valence-corrected chi connectivity index (χ4v) is 7.51. The number of halogens is 2. The first kappa shape index (κ1) is 32.3. The molecule has 3 amide bonds. The first-order chi connectivity index (χ1) is 21.7. The van der Waals surface area contributed by atoms with E-state index in [1.54, 1.807) is 66.7 Å². The quantitative estimate of drug-likeness (QED) is 0.122. The predicted octanol–water partition coefficient (Wildman–Crippen LogP) is 8.19. The maximum Gasteiger partial charge on any atom is 0.272 e. The van der Waals surface area contributed by atoms with Crippen molar-refractivity contribution in [2.24, 2.45) is 5.92 Å². The van der Waals surface area contributed by atoms with Gasteiger partial charge in [0.1, 0.15) is 16.8 Å². The second-order valence-electron chi connectivity index (χ2n) is 10.5. The van der Waals surface area contributed by atoms with Crippen LogP contribution in [-0.2, 0) is 22.4 Å². The Morgan fingerprint density at radius 2 is 1.76 bits per heavy atom. The minimum Gasteiger partial charge on any atom is -0.321 e. The summed E-state index contributed by atoms with van der Waals surface area (Å²) in [7, 11) is 0. The second-order valence-corrected chi connectivity index (χ2v) is 13.5. The number of amides is 3. The molecule has 228 valence electrons. The summed E-state index contributed by atoms with van der Waals surface area (Å²) in [5.41, 5.74) is 2.80. The maximum atomic E-state index is 13.5. The fourth-order valence-electron chi connectivity index (χ4n) is 4.87. The van der Waals surface area contributed by atoms with Crippen LogP contribution in [0.25, 0.3) is 6.08 Å². The van der Waals surface area contributed by atoms with Crippen molar-refractivity contribution in [1.82, 2.24) is 5.32 Å². The lowest BCUT2D eigenvalue weighted by molar-refractivity contribution is -0.114. The van der Waals surface area contributed by atoms with E-state index in [1.807, 2.05) is 6.07 Å². The van der Waals surface area contributed by atoms with Crippen molar-refractivity contribution in [1.29, 1.82) is 5.26 Å². The summed E-state index contributed by atoms with van der Waals surface area (Å²) in [6, 6.07) is 22.8. The predicted molar refractivity (Wildman–Crippen MR) is 183 cm³/mol. The number of nitrogens with zero attached hydrogens (tertiary/aromatic N) is 1. The molecule has 7 nitrogen and oxygen atoms in total. The van der Waals surface area contributed by atoms with Crippen LogP contribution in [0, 0.1) is 17.2 Å². The van der Waals surface area contributed by atoms with Crippen LogP contribution in [0.15, 0.2) is 83.4 Å². The zero-order chi connectivity index (χ0) is 31.9. The largest absolute Gasteiger partial charge is 0.321 e. The SMILES string of the molecule is CC1CCc2c(sc(NC(=O)CSc3cccc(NC(=O)/C(=C\c4c(Cl)cccc4Cl)NC(=O)c4ccccc4)c3)c2C#N)C1. The molecule has 1 aliphatic carbocycles. The topological polar surface area (TPSA) is 111 Å². The highest BCUT2D eigenvalue weighted by Crippen LogP contribution is 2.39. The summed E-state index contributed by atoms with van der Waals surface area (Å²) in [6.45, 7) is 2.20. The van der Waals surface area contributed by atoms with Crippen LogP contribution in [0.3, 0.4) is 0 Å². The molecular weight excluding hydrogens is 647 g/mol. The van der Waals surface area contributed by atoms with Gasteiger partial charge in [0.05, 0.1) is 11.3 Å². The molecule has 3 aromatic carbocycles. The Bertz CT molecular complexity index is 1810. The summed E-state index contributed by atoms with van der Waals surface area (Å²) >= 11 is 15.5. The molecule has 1 atom stereocenters. The first-order valence-corrected chi connectivity index (χ1v) is 16.7. The van der Waals surface area contributed by atoms with E-state index in [0.29, 0.717) is 43.3 Å². The second kappa shape index (κ2) is 14.8. The monoisotopic (exact) mass is 674 g/mol. The van der Waals surface area contributed by atoms with Gasteiger partial charge in [0.2, 0.25) is 5.91 Å². The molecular formula is C34H28Cl2N4O3S2. The lowest BCUT2D eigenvalue weighted by atomic mass is 9.89. The standard InChI is InChI=1S/C34H28Cl2N4O3S2/c1-20-13-14-24-26(18-37)34(45-30(24)15-20)40-31(41)19-44-23-10-5-9-22(16-23)38-33(43)29(17-25-27(35)11-6-12-28(25)36)39-32(42)21-7-3-2-4-8-21/h2-12,16-17,20H,13-15,19H2,1H3,(H,38,43)(H,39,42)(H,40,41)/b29-17+. The average Bonchev–Trinajstić information content (AvgIpc) is 3.37. The molecule has 0 saturated carbocycles. The lowest BCUT2D eigenvalue weighted by Crippen LogP contribution is -2.30. The number of fused-ring (bicyclic) bond motifs is 1. The molecule has 0 spiro atoms. The van der Waals surface area contributed by atoms with Gasteiger partial charge in [-0.3, -0.25) is 14.4 Å². The van der Waals surface area contributed by atoms with E-state index >= 15 is 0 Å². The average molecular weight is 676 g/mol. The summed E-state index contributed by atoms with van der Waals surface area (Å²) in [6.07, 6.45) is 4.26.